The second-order valence-corrected chi connectivity index (χ2v) is 12.9. The van der Waals surface area contributed by atoms with Crippen LogP contribution in [0.25, 0.3) is 21.9 Å². The Morgan fingerprint density at radius 1 is 0.643 bits per heavy atom. The lowest BCUT2D eigenvalue weighted by Gasteiger charge is -2.27. The quantitative estimate of drug-likeness (QED) is 0.197. The van der Waals surface area contributed by atoms with E-state index in [2.05, 4.69) is 147 Å². The van der Waals surface area contributed by atoms with E-state index in [0.717, 1.165) is 19.3 Å². The van der Waals surface area contributed by atoms with Gasteiger partial charge in [0.15, 0.2) is 0 Å². The zero-order chi connectivity index (χ0) is 28.3. The third kappa shape index (κ3) is 3.97. The van der Waals surface area contributed by atoms with Gasteiger partial charge < -0.3 is 0 Å². The van der Waals surface area contributed by atoms with E-state index in [4.69, 9.17) is 0 Å². The molecule has 6 aromatic rings. The van der Waals surface area contributed by atoms with Gasteiger partial charge in [-0.25, -0.2) is 0 Å². The molecule has 204 valence electrons. The molecule has 1 unspecified atom stereocenters. The maximum Gasteiger partial charge on any atom is 0.0159 e. The minimum atomic E-state index is -0.0562. The van der Waals surface area contributed by atoms with Crippen LogP contribution in [0.3, 0.4) is 0 Å². The van der Waals surface area contributed by atoms with Crippen molar-refractivity contribution in [2.24, 2.45) is 0 Å². The zero-order valence-electron chi connectivity index (χ0n) is 24.5. The predicted molar refractivity (Wildman–Crippen MR) is 177 cm³/mol. The highest BCUT2D eigenvalue weighted by Crippen LogP contribution is 2.57. The Morgan fingerprint density at radius 3 is 2.05 bits per heavy atom. The van der Waals surface area contributed by atoms with E-state index in [-0.39, 0.29) is 11.3 Å². The summed E-state index contributed by atoms with van der Waals surface area (Å²) in [5.74, 6) is 0.719. The monoisotopic (exact) mass is 540 g/mol. The molecular weight excluding hydrogens is 504 g/mol. The fourth-order valence-electron chi connectivity index (χ4n) is 8.04. The number of rotatable bonds is 6. The average Bonchev–Trinajstić information content (AvgIpc) is 3.17. The molecule has 0 bridgehead atoms. The summed E-state index contributed by atoms with van der Waals surface area (Å²) in [4.78, 5) is 0. The Labute approximate surface area is 249 Å². The third-order valence-electron chi connectivity index (χ3n) is 10.1. The molecule has 2 aliphatic rings. The van der Waals surface area contributed by atoms with Gasteiger partial charge >= 0.3 is 0 Å². The first-order chi connectivity index (χ1) is 20.6. The van der Waals surface area contributed by atoms with E-state index in [1.165, 1.54) is 66.4 Å². The number of hydrogen-bond donors (Lipinski definition) is 0. The molecule has 0 saturated carbocycles. The molecule has 0 heteroatoms. The van der Waals surface area contributed by atoms with Crippen molar-refractivity contribution in [3.63, 3.8) is 0 Å². The van der Waals surface area contributed by atoms with Crippen LogP contribution in [-0.4, -0.2) is 0 Å². The van der Waals surface area contributed by atoms with Crippen LogP contribution in [0.4, 0.5) is 0 Å². The third-order valence-corrected chi connectivity index (χ3v) is 10.1. The van der Waals surface area contributed by atoms with Gasteiger partial charge in [-0.2, -0.15) is 0 Å². The van der Waals surface area contributed by atoms with Crippen LogP contribution in [-0.2, 0) is 24.7 Å². The van der Waals surface area contributed by atoms with E-state index >= 15 is 0 Å². The smallest absolute Gasteiger partial charge is 0.0159 e. The molecule has 0 aromatic heterocycles. The van der Waals surface area contributed by atoms with Gasteiger partial charge in [-0.1, -0.05) is 147 Å². The normalized spacial score (nSPS) is 16.8. The Kier molecular flexibility index (Phi) is 5.93. The molecule has 0 amide bonds. The van der Waals surface area contributed by atoms with Crippen molar-refractivity contribution in [2.45, 2.75) is 50.4 Å². The van der Waals surface area contributed by atoms with Crippen molar-refractivity contribution in [2.75, 3.05) is 0 Å². The van der Waals surface area contributed by atoms with Crippen molar-refractivity contribution < 1.29 is 0 Å². The summed E-state index contributed by atoms with van der Waals surface area (Å²) < 4.78 is 0. The molecule has 42 heavy (non-hydrogen) atoms. The lowest BCUT2D eigenvalue weighted by molar-refractivity contribution is 0.650. The Bertz CT molecular complexity index is 1910. The molecule has 0 heterocycles. The molecule has 0 spiro atoms. The summed E-state index contributed by atoms with van der Waals surface area (Å²) in [6.45, 7) is 4.89. The van der Waals surface area contributed by atoms with Crippen LogP contribution in [0.5, 0.6) is 0 Å². The van der Waals surface area contributed by atoms with Crippen molar-refractivity contribution in [1.82, 2.24) is 0 Å². The lowest BCUT2D eigenvalue weighted by atomic mass is 9.76. The highest BCUT2D eigenvalue weighted by molar-refractivity contribution is 6.07. The summed E-state index contributed by atoms with van der Waals surface area (Å²) in [5.41, 5.74) is 14.6. The number of benzene rings is 6. The molecule has 0 nitrogen and oxygen atoms in total. The highest BCUT2D eigenvalue weighted by Gasteiger charge is 2.41. The van der Waals surface area contributed by atoms with Gasteiger partial charge in [0.2, 0.25) is 0 Å². The maximum absolute atomic E-state index is 2.60. The number of hydrogen-bond acceptors (Lipinski definition) is 0. The first kappa shape index (κ1) is 25.3. The molecule has 0 N–H and O–H groups in total. The van der Waals surface area contributed by atoms with Crippen molar-refractivity contribution in [3.8, 4) is 11.1 Å². The molecule has 0 fully saturated rings. The van der Waals surface area contributed by atoms with Crippen LogP contribution in [0.2, 0.25) is 0 Å². The first-order valence-electron chi connectivity index (χ1n) is 15.4. The van der Waals surface area contributed by atoms with E-state index in [9.17, 15) is 0 Å². The van der Waals surface area contributed by atoms with Crippen LogP contribution in [0.1, 0.15) is 70.2 Å². The van der Waals surface area contributed by atoms with Crippen LogP contribution < -0.4 is 0 Å². The predicted octanol–water partition coefficient (Wildman–Crippen LogP) is 10.4. The van der Waals surface area contributed by atoms with E-state index < -0.39 is 0 Å². The van der Waals surface area contributed by atoms with Gasteiger partial charge in [0.1, 0.15) is 0 Å². The Balaban J connectivity index is 1.40. The molecule has 8 rings (SSSR count). The molecule has 0 radical (unpaired) electrons. The van der Waals surface area contributed by atoms with Crippen LogP contribution in [0, 0.1) is 0 Å². The van der Waals surface area contributed by atoms with Gasteiger partial charge in [0, 0.05) is 11.3 Å². The van der Waals surface area contributed by atoms with Crippen molar-refractivity contribution in [3.05, 3.63) is 178 Å². The molecule has 0 aliphatic heterocycles. The fourth-order valence-corrected chi connectivity index (χ4v) is 8.04. The van der Waals surface area contributed by atoms with E-state index in [1.54, 1.807) is 0 Å². The molecule has 0 saturated heterocycles. The van der Waals surface area contributed by atoms with Gasteiger partial charge in [0.25, 0.3) is 0 Å². The van der Waals surface area contributed by atoms with Gasteiger partial charge in [-0.05, 0) is 91.6 Å². The van der Waals surface area contributed by atoms with Crippen molar-refractivity contribution in [1.29, 1.82) is 0 Å². The molecular formula is C42H36. The largest absolute Gasteiger partial charge is 0.0622 e. The van der Waals surface area contributed by atoms with Gasteiger partial charge in [-0.3, -0.25) is 0 Å². The Morgan fingerprint density at radius 2 is 1.31 bits per heavy atom. The molecule has 6 aromatic carbocycles. The Hall–Kier alpha value is -4.42. The van der Waals surface area contributed by atoms with Crippen LogP contribution in [0.15, 0.2) is 133 Å². The van der Waals surface area contributed by atoms with Crippen LogP contribution >= 0.6 is 0 Å². The maximum atomic E-state index is 2.60. The SMILES string of the molecule is CC1(C)c2cccc3c2-c2c1cc(C(Cc1ccccc1)c1ccccc1)c1cccc(c21)C[C@H]3Cc1ccccc1. The van der Waals surface area contributed by atoms with E-state index in [1.807, 2.05) is 0 Å². The topological polar surface area (TPSA) is 0 Å². The van der Waals surface area contributed by atoms with Crippen molar-refractivity contribution >= 4 is 10.8 Å². The summed E-state index contributed by atoms with van der Waals surface area (Å²) >= 11 is 0. The second-order valence-electron chi connectivity index (χ2n) is 12.9. The van der Waals surface area contributed by atoms with Gasteiger partial charge in [0.05, 0.1) is 0 Å². The molecule has 2 atom stereocenters. The fraction of sp³-hybridized carbons (Fsp3) is 0.190. The lowest BCUT2D eigenvalue weighted by Crippen LogP contribution is -2.17. The first-order valence-corrected chi connectivity index (χ1v) is 15.4. The minimum absolute atomic E-state index is 0.0562. The summed E-state index contributed by atoms with van der Waals surface area (Å²) in [6.07, 6.45) is 3.11. The summed E-state index contributed by atoms with van der Waals surface area (Å²) in [7, 11) is 0. The van der Waals surface area contributed by atoms with E-state index in [0.29, 0.717) is 5.92 Å². The zero-order valence-corrected chi connectivity index (χ0v) is 24.5. The second kappa shape index (κ2) is 9.85. The summed E-state index contributed by atoms with van der Waals surface area (Å²) in [6, 6.07) is 50.2. The minimum Gasteiger partial charge on any atom is -0.0622 e. The summed E-state index contributed by atoms with van der Waals surface area (Å²) in [5, 5.41) is 2.92. The average molecular weight is 541 g/mol. The van der Waals surface area contributed by atoms with Gasteiger partial charge in [-0.15, -0.1) is 0 Å². The highest BCUT2D eigenvalue weighted by atomic mass is 14.4. The standard InChI is InChI=1S/C42H36/c1-42(2)37-23-13-21-33-32(24-28-14-6-3-7-15-28)26-31-20-12-22-34-36(27-38(42)41(39(31)34)40(33)37)35(30-18-10-5-11-19-30)25-29-16-8-4-9-17-29/h3-23,27,32,35H,24-26H2,1-2H3/t32-,35?/m1/s1. The molecule has 2 aliphatic carbocycles.